The first kappa shape index (κ1) is 25.4. The van der Waals surface area contributed by atoms with Crippen LogP contribution in [0, 0.1) is 11.7 Å². The molecular weight excluding hydrogens is 467 g/mol. The van der Waals surface area contributed by atoms with Crippen LogP contribution < -0.4 is 19.7 Å². The van der Waals surface area contributed by atoms with Crippen LogP contribution in [0.15, 0.2) is 35.2 Å². The van der Waals surface area contributed by atoms with Crippen LogP contribution in [0.5, 0.6) is 11.5 Å². The highest BCUT2D eigenvalue weighted by Crippen LogP contribution is 2.29. The molecule has 0 fully saturated rings. The largest absolute Gasteiger partial charge is 0.493 e. The fourth-order valence-corrected chi connectivity index (χ4v) is 3.85. The molecule has 2 aromatic rings. The maximum Gasteiger partial charge on any atom is 0.338 e. The molecule has 174 valence electrons. The lowest BCUT2D eigenvalue weighted by molar-refractivity contribution is 0.0691. The zero-order valence-corrected chi connectivity index (χ0v) is 19.0. The zero-order valence-electron chi connectivity index (χ0n) is 17.4. The number of hydrazine groups is 1. The Morgan fingerprint density at radius 2 is 1.88 bits per heavy atom. The summed E-state index contributed by atoms with van der Waals surface area (Å²) in [6.45, 7) is 4.56. The summed E-state index contributed by atoms with van der Waals surface area (Å²) in [4.78, 5) is 24.5. The van der Waals surface area contributed by atoms with Crippen molar-refractivity contribution in [3.8, 4) is 11.5 Å². The second-order valence-corrected chi connectivity index (χ2v) is 9.08. The Hall–Kier alpha value is -2.89. The van der Waals surface area contributed by atoms with E-state index in [4.69, 9.17) is 26.2 Å². The molecule has 2 rings (SSSR count). The molecule has 32 heavy (non-hydrogen) atoms. The highest BCUT2D eigenvalue weighted by Gasteiger charge is 2.24. The summed E-state index contributed by atoms with van der Waals surface area (Å²) >= 11 is 5.75. The third kappa shape index (κ3) is 6.31. The van der Waals surface area contributed by atoms with Crippen molar-refractivity contribution in [2.45, 2.75) is 25.2 Å². The van der Waals surface area contributed by atoms with Gasteiger partial charge >= 0.3 is 5.97 Å². The van der Waals surface area contributed by atoms with Gasteiger partial charge in [0.2, 0.25) is 0 Å². The van der Waals surface area contributed by atoms with Gasteiger partial charge in [-0.25, -0.2) is 17.6 Å². The SMILES string of the molecule is COc1cc(C(=O)NNS(=O)(=O)c2cc(C(=O)O)c(F)cc2Cl)ccc1OCCC(C)C. The standard InChI is InChI=1S/C20H22ClFN2O7S/c1-11(2)6-7-31-16-5-4-12(8-17(16)30-3)19(25)23-24-32(28,29)18-9-13(20(26)27)15(22)10-14(18)21/h4-5,8-11,24H,6-7H2,1-3H3,(H,23,25)(H,26,27). The van der Waals surface area contributed by atoms with Gasteiger partial charge in [0.1, 0.15) is 10.7 Å². The minimum Gasteiger partial charge on any atom is -0.493 e. The van der Waals surface area contributed by atoms with Crippen molar-refractivity contribution in [3.05, 3.63) is 52.3 Å². The van der Waals surface area contributed by atoms with Gasteiger partial charge in [-0.3, -0.25) is 10.2 Å². The molecule has 0 saturated heterocycles. The van der Waals surface area contributed by atoms with E-state index in [1.54, 1.807) is 4.83 Å². The number of hydrogen-bond donors (Lipinski definition) is 3. The summed E-state index contributed by atoms with van der Waals surface area (Å²) < 4.78 is 49.4. The number of carbonyl (C=O) groups excluding carboxylic acids is 1. The predicted molar refractivity (Wildman–Crippen MR) is 114 cm³/mol. The van der Waals surface area contributed by atoms with E-state index in [0.29, 0.717) is 30.4 Å². The summed E-state index contributed by atoms with van der Waals surface area (Å²) in [5.41, 5.74) is 1.15. The van der Waals surface area contributed by atoms with Gasteiger partial charge in [0.15, 0.2) is 11.5 Å². The van der Waals surface area contributed by atoms with Gasteiger partial charge in [-0.15, -0.1) is 4.83 Å². The third-order valence-electron chi connectivity index (χ3n) is 4.22. The van der Waals surface area contributed by atoms with Crippen LogP contribution in [0.3, 0.4) is 0 Å². The van der Waals surface area contributed by atoms with E-state index >= 15 is 0 Å². The van der Waals surface area contributed by atoms with Crippen LogP contribution >= 0.6 is 11.6 Å². The van der Waals surface area contributed by atoms with Crippen LogP contribution in [0.4, 0.5) is 4.39 Å². The minimum atomic E-state index is -4.51. The second kappa shape index (κ2) is 10.6. The van der Waals surface area contributed by atoms with Crippen molar-refractivity contribution >= 4 is 33.5 Å². The lowest BCUT2D eigenvalue weighted by Crippen LogP contribution is -2.41. The maximum absolute atomic E-state index is 13.7. The van der Waals surface area contributed by atoms with Gasteiger partial charge < -0.3 is 14.6 Å². The first-order valence-electron chi connectivity index (χ1n) is 9.31. The second-order valence-electron chi connectivity index (χ2n) is 7.02. The first-order valence-corrected chi connectivity index (χ1v) is 11.2. The van der Waals surface area contributed by atoms with Crippen LogP contribution in [0.1, 0.15) is 41.0 Å². The van der Waals surface area contributed by atoms with Crippen molar-refractivity contribution in [1.82, 2.24) is 10.3 Å². The fraction of sp³-hybridized carbons (Fsp3) is 0.300. The smallest absolute Gasteiger partial charge is 0.338 e. The molecular formula is C20H22ClFN2O7S. The fourth-order valence-electron chi connectivity index (χ4n) is 2.47. The molecule has 0 aliphatic rings. The molecule has 0 heterocycles. The molecule has 2 aromatic carbocycles. The molecule has 1 amide bonds. The van der Waals surface area contributed by atoms with Gasteiger partial charge in [0.05, 0.1) is 24.3 Å². The molecule has 0 aromatic heterocycles. The molecule has 0 unspecified atom stereocenters. The molecule has 0 spiro atoms. The molecule has 0 radical (unpaired) electrons. The predicted octanol–water partition coefficient (Wildman–Crippen LogP) is 3.23. The topological polar surface area (TPSA) is 131 Å². The van der Waals surface area contributed by atoms with Crippen molar-refractivity contribution in [2.24, 2.45) is 5.92 Å². The Labute approximate surface area is 189 Å². The molecule has 0 bridgehead atoms. The van der Waals surface area contributed by atoms with E-state index in [9.17, 15) is 22.4 Å². The monoisotopic (exact) mass is 488 g/mol. The number of rotatable bonds is 10. The van der Waals surface area contributed by atoms with Gasteiger partial charge in [0, 0.05) is 5.56 Å². The highest BCUT2D eigenvalue weighted by atomic mass is 35.5. The molecule has 0 aliphatic heterocycles. The van der Waals surface area contributed by atoms with E-state index in [1.807, 2.05) is 5.43 Å². The summed E-state index contributed by atoms with van der Waals surface area (Å²) in [5, 5.41) is 8.42. The van der Waals surface area contributed by atoms with Crippen LogP contribution in [-0.2, 0) is 10.0 Å². The first-order chi connectivity index (χ1) is 15.0. The normalized spacial score (nSPS) is 11.3. The summed E-state index contributed by atoms with van der Waals surface area (Å²) in [5.74, 6) is -2.57. The highest BCUT2D eigenvalue weighted by molar-refractivity contribution is 7.89. The molecule has 12 heteroatoms. The van der Waals surface area contributed by atoms with Crippen molar-refractivity contribution < 1.29 is 37.0 Å². The molecule has 3 N–H and O–H groups in total. The number of benzene rings is 2. The van der Waals surface area contributed by atoms with E-state index in [1.165, 1.54) is 25.3 Å². The number of aromatic carboxylic acids is 1. The summed E-state index contributed by atoms with van der Waals surface area (Å²) in [7, 11) is -3.12. The van der Waals surface area contributed by atoms with Crippen LogP contribution in [0.25, 0.3) is 0 Å². The average Bonchev–Trinajstić information content (AvgIpc) is 2.71. The van der Waals surface area contributed by atoms with Crippen molar-refractivity contribution in [3.63, 3.8) is 0 Å². The Morgan fingerprint density at radius 3 is 2.47 bits per heavy atom. The third-order valence-corrected chi connectivity index (χ3v) is 5.93. The number of carboxylic acids is 1. The number of methoxy groups -OCH3 is 1. The Kier molecular flexibility index (Phi) is 8.42. The van der Waals surface area contributed by atoms with Gasteiger partial charge in [-0.1, -0.05) is 25.4 Å². The van der Waals surface area contributed by atoms with E-state index < -0.39 is 43.2 Å². The average molecular weight is 489 g/mol. The number of amides is 1. The minimum absolute atomic E-state index is 0.0530. The lowest BCUT2D eigenvalue weighted by Gasteiger charge is -2.14. The number of ether oxygens (including phenoxy) is 2. The number of hydrogen-bond acceptors (Lipinski definition) is 6. The van der Waals surface area contributed by atoms with Crippen molar-refractivity contribution in [2.75, 3.05) is 13.7 Å². The van der Waals surface area contributed by atoms with Crippen LogP contribution in [-0.4, -0.2) is 39.1 Å². The lowest BCUT2D eigenvalue weighted by atomic mass is 10.1. The van der Waals surface area contributed by atoms with Gasteiger partial charge in [0.25, 0.3) is 15.9 Å². The van der Waals surface area contributed by atoms with Gasteiger partial charge in [-0.05, 0) is 42.7 Å². The van der Waals surface area contributed by atoms with E-state index in [-0.39, 0.29) is 11.3 Å². The summed E-state index contributed by atoms with van der Waals surface area (Å²) in [6, 6.07) is 5.40. The Morgan fingerprint density at radius 1 is 1.19 bits per heavy atom. The molecule has 0 atom stereocenters. The van der Waals surface area contributed by atoms with E-state index in [0.717, 1.165) is 6.42 Å². The van der Waals surface area contributed by atoms with Crippen LogP contribution in [0.2, 0.25) is 5.02 Å². The number of carboxylic acid groups (broad SMARTS) is 1. The quantitative estimate of drug-likeness (QED) is 0.437. The number of carbonyl (C=O) groups is 2. The molecule has 0 aliphatic carbocycles. The summed E-state index contributed by atoms with van der Waals surface area (Å²) in [6.07, 6.45) is 0.822. The van der Waals surface area contributed by atoms with E-state index in [2.05, 4.69) is 13.8 Å². The number of sulfonamides is 1. The number of nitrogens with one attached hydrogen (secondary N) is 2. The molecule has 9 nitrogen and oxygen atoms in total. The zero-order chi connectivity index (χ0) is 24.1. The maximum atomic E-state index is 13.7. The molecule has 0 saturated carbocycles. The number of halogens is 2. The van der Waals surface area contributed by atoms with Crippen molar-refractivity contribution in [1.29, 1.82) is 0 Å². The Balaban J connectivity index is 2.16. The van der Waals surface area contributed by atoms with Gasteiger partial charge in [-0.2, -0.15) is 0 Å². The Bertz CT molecular complexity index is 1120.